The number of aromatic hydroxyl groups is 1. The molecule has 10 heteroatoms. The van der Waals surface area contributed by atoms with E-state index in [9.17, 15) is 18.1 Å². The minimum atomic E-state index is -4.48. The highest BCUT2D eigenvalue weighted by atomic mass is 35.5. The van der Waals surface area contributed by atoms with Crippen molar-refractivity contribution >= 4 is 66.3 Å². The molecule has 200 valence electrons. The van der Waals surface area contributed by atoms with E-state index in [1.807, 2.05) is 60.7 Å². The normalized spacial score (nSPS) is 11.8. The van der Waals surface area contributed by atoms with Gasteiger partial charge in [-0.05, 0) is 29.7 Å². The van der Waals surface area contributed by atoms with Crippen LogP contribution in [0.3, 0.4) is 0 Å². The average Bonchev–Trinajstić information content (AvgIpc) is 3.53. The molecule has 0 spiro atoms. The van der Waals surface area contributed by atoms with E-state index >= 15 is 0 Å². The molecule has 0 unspecified atom stereocenters. The number of hydrogen-bond donors (Lipinski definition) is 3. The van der Waals surface area contributed by atoms with Crippen LogP contribution in [0.25, 0.3) is 66.3 Å². The second kappa shape index (κ2) is 9.27. The number of halogens is 1. The molecule has 0 atom stereocenters. The summed E-state index contributed by atoms with van der Waals surface area (Å²) in [6.07, 6.45) is 0. The van der Waals surface area contributed by atoms with Gasteiger partial charge in [0.2, 0.25) is 0 Å². The Kier molecular flexibility index (Phi) is 5.95. The van der Waals surface area contributed by atoms with Crippen molar-refractivity contribution in [3.63, 3.8) is 0 Å². The molecule has 7 rings (SSSR count). The predicted molar refractivity (Wildman–Crippen MR) is 157 cm³/mol. The molecule has 5 aromatic carbocycles. The Morgan fingerprint density at radius 2 is 1.60 bits per heavy atom. The Morgan fingerprint density at radius 1 is 0.875 bits per heavy atom. The van der Waals surface area contributed by atoms with E-state index in [-0.39, 0.29) is 18.2 Å². The number of phenols is 1. The molecule has 0 amide bonds. The van der Waals surface area contributed by atoms with Crippen LogP contribution in [0.15, 0.2) is 94.2 Å². The fourth-order valence-electron chi connectivity index (χ4n) is 5.27. The third-order valence-electron chi connectivity index (χ3n) is 6.99. The largest absolute Gasteiger partial charge is 0.507 e. The van der Waals surface area contributed by atoms with Gasteiger partial charge in [0, 0.05) is 28.0 Å². The van der Waals surface area contributed by atoms with Gasteiger partial charge in [-0.1, -0.05) is 54.6 Å². The summed E-state index contributed by atoms with van der Waals surface area (Å²) in [6, 6.07) is 25.4. The standard InChI is InChI=1S/C30H20N2O6S.ClH/c1-37-28-20(21-9-4-7-19-18-6-2-3-11-25(18)38-29(19)21)8-5-10-22(28)30-31-23-13-12-16-14-17(39(34,35)36)15-24(33)26(16)27(23)32-30;/h2-15,33H,1H3,(H,31,32)(H,34,35,36);1H. The zero-order valence-corrected chi connectivity index (χ0v) is 22.5. The van der Waals surface area contributed by atoms with Crippen LogP contribution in [0.4, 0.5) is 0 Å². The summed E-state index contributed by atoms with van der Waals surface area (Å²) in [5, 5.41) is 13.5. The number of aromatic amines is 1. The quantitative estimate of drug-likeness (QED) is 0.188. The molecule has 3 N–H and O–H groups in total. The third-order valence-corrected chi connectivity index (χ3v) is 7.82. The molecule has 0 saturated carbocycles. The van der Waals surface area contributed by atoms with E-state index in [2.05, 4.69) is 4.98 Å². The SMILES string of the molecule is COc1c(-c2nc3c(ccc4cc(S(=O)(=O)O)cc(O)c43)[nH]2)cccc1-c1cccc2c1oc1ccccc12.Cl. The van der Waals surface area contributed by atoms with E-state index in [1.165, 1.54) is 6.07 Å². The smallest absolute Gasteiger partial charge is 0.294 e. The van der Waals surface area contributed by atoms with Crippen LogP contribution < -0.4 is 4.74 Å². The molecule has 8 nitrogen and oxygen atoms in total. The van der Waals surface area contributed by atoms with Gasteiger partial charge in [0.15, 0.2) is 0 Å². The van der Waals surface area contributed by atoms with E-state index in [0.29, 0.717) is 38.9 Å². The zero-order valence-electron chi connectivity index (χ0n) is 20.9. The number of furan rings is 1. The topological polar surface area (TPSA) is 126 Å². The van der Waals surface area contributed by atoms with Crippen LogP contribution in [0.2, 0.25) is 0 Å². The average molecular weight is 573 g/mol. The highest BCUT2D eigenvalue weighted by Gasteiger charge is 2.21. The Balaban J connectivity index is 0.00000289. The number of fused-ring (bicyclic) bond motifs is 6. The van der Waals surface area contributed by atoms with Crippen LogP contribution in [0.1, 0.15) is 0 Å². The van der Waals surface area contributed by atoms with E-state index in [1.54, 1.807) is 19.2 Å². The summed E-state index contributed by atoms with van der Waals surface area (Å²) in [4.78, 5) is 7.68. The van der Waals surface area contributed by atoms with Gasteiger partial charge >= 0.3 is 0 Å². The monoisotopic (exact) mass is 572 g/mol. The summed E-state index contributed by atoms with van der Waals surface area (Å²) in [5.74, 6) is 0.791. The van der Waals surface area contributed by atoms with Crippen molar-refractivity contribution in [1.82, 2.24) is 9.97 Å². The van der Waals surface area contributed by atoms with E-state index in [0.717, 1.165) is 39.1 Å². The minimum Gasteiger partial charge on any atom is -0.507 e. The van der Waals surface area contributed by atoms with Crippen LogP contribution in [0.5, 0.6) is 11.5 Å². The molecule has 40 heavy (non-hydrogen) atoms. The molecule has 2 aromatic heterocycles. The van der Waals surface area contributed by atoms with Gasteiger partial charge in [-0.25, -0.2) is 4.98 Å². The number of rotatable bonds is 4. The first-order valence-electron chi connectivity index (χ1n) is 12.0. The lowest BCUT2D eigenvalue weighted by molar-refractivity contribution is 0.418. The first kappa shape index (κ1) is 25.7. The summed E-state index contributed by atoms with van der Waals surface area (Å²) in [5.41, 5.74) is 5.04. The molecule has 7 aromatic rings. The third kappa shape index (κ3) is 3.86. The van der Waals surface area contributed by atoms with E-state index < -0.39 is 15.0 Å². The lowest BCUT2D eigenvalue weighted by Crippen LogP contribution is -1.97. The van der Waals surface area contributed by atoms with Crippen LogP contribution in [-0.4, -0.2) is 35.2 Å². The number of para-hydroxylation sites is 3. The number of benzene rings is 5. The molecule has 0 aliphatic rings. The number of hydrogen-bond acceptors (Lipinski definition) is 6. The maximum atomic E-state index is 11.6. The first-order chi connectivity index (χ1) is 18.8. The highest BCUT2D eigenvalue weighted by Crippen LogP contribution is 2.43. The van der Waals surface area contributed by atoms with Gasteiger partial charge in [0.1, 0.15) is 34.0 Å². The minimum absolute atomic E-state index is 0. The number of methoxy groups -OCH3 is 1. The Bertz CT molecular complexity index is 2220. The maximum Gasteiger partial charge on any atom is 0.294 e. The Labute approximate surface area is 234 Å². The van der Waals surface area contributed by atoms with Crippen LogP contribution >= 0.6 is 12.4 Å². The maximum absolute atomic E-state index is 11.6. The number of phenolic OH excluding ortho intramolecular Hbond substituents is 1. The molecular weight excluding hydrogens is 552 g/mol. The number of nitrogens with zero attached hydrogens (tertiary/aromatic N) is 1. The van der Waals surface area contributed by atoms with Crippen molar-refractivity contribution in [3.05, 3.63) is 84.9 Å². The van der Waals surface area contributed by atoms with Gasteiger partial charge in [0.05, 0.1) is 28.5 Å². The number of imidazole rings is 1. The van der Waals surface area contributed by atoms with Gasteiger partial charge in [-0.2, -0.15) is 8.42 Å². The second-order valence-corrected chi connectivity index (χ2v) is 10.7. The molecule has 0 saturated heterocycles. The Morgan fingerprint density at radius 3 is 2.40 bits per heavy atom. The number of H-pyrrole nitrogens is 1. The molecule has 0 aliphatic heterocycles. The van der Waals surface area contributed by atoms with Gasteiger partial charge < -0.3 is 19.2 Å². The summed E-state index contributed by atoms with van der Waals surface area (Å²) >= 11 is 0. The van der Waals surface area contributed by atoms with Crippen molar-refractivity contribution in [3.8, 4) is 34.0 Å². The second-order valence-electron chi connectivity index (χ2n) is 9.23. The van der Waals surface area contributed by atoms with Gasteiger partial charge in [-0.15, -0.1) is 12.4 Å². The predicted octanol–water partition coefficient (Wildman–Crippen LogP) is 7.33. The Hall–Kier alpha value is -4.57. The number of aromatic nitrogens is 2. The molecule has 0 aliphatic carbocycles. The lowest BCUT2D eigenvalue weighted by atomic mass is 9.98. The van der Waals surface area contributed by atoms with Gasteiger partial charge in [-0.3, -0.25) is 4.55 Å². The molecule has 0 fully saturated rings. The van der Waals surface area contributed by atoms with Crippen molar-refractivity contribution < 1.29 is 27.2 Å². The van der Waals surface area contributed by atoms with Crippen LogP contribution in [0, 0.1) is 0 Å². The van der Waals surface area contributed by atoms with E-state index in [4.69, 9.17) is 14.1 Å². The zero-order chi connectivity index (χ0) is 26.9. The molecule has 2 heterocycles. The van der Waals surface area contributed by atoms with Gasteiger partial charge in [0.25, 0.3) is 10.1 Å². The summed E-state index contributed by atoms with van der Waals surface area (Å²) in [6.45, 7) is 0. The van der Waals surface area contributed by atoms with Crippen LogP contribution in [-0.2, 0) is 10.1 Å². The summed E-state index contributed by atoms with van der Waals surface area (Å²) < 4.78 is 44.9. The summed E-state index contributed by atoms with van der Waals surface area (Å²) in [7, 11) is -2.89. The highest BCUT2D eigenvalue weighted by molar-refractivity contribution is 7.85. The van der Waals surface area contributed by atoms with Crippen molar-refractivity contribution in [2.75, 3.05) is 7.11 Å². The van der Waals surface area contributed by atoms with Crippen molar-refractivity contribution in [2.24, 2.45) is 0 Å². The molecular formula is C30H21ClN2O6S. The number of nitrogens with one attached hydrogen (secondary N) is 1. The first-order valence-corrected chi connectivity index (χ1v) is 13.5. The van der Waals surface area contributed by atoms with Crippen molar-refractivity contribution in [1.29, 1.82) is 0 Å². The fourth-order valence-corrected chi connectivity index (χ4v) is 5.81. The lowest BCUT2D eigenvalue weighted by Gasteiger charge is -2.13. The van der Waals surface area contributed by atoms with Crippen molar-refractivity contribution in [2.45, 2.75) is 4.90 Å². The number of ether oxygens (including phenoxy) is 1. The molecule has 0 bridgehead atoms. The molecule has 0 radical (unpaired) electrons. The fraction of sp³-hybridized carbons (Fsp3) is 0.0333.